The molecule has 7 heteroatoms. The predicted octanol–water partition coefficient (Wildman–Crippen LogP) is 3.10. The zero-order chi connectivity index (χ0) is 12.3. The fraction of sp³-hybridized carbons (Fsp3) is 0.333. The van der Waals surface area contributed by atoms with Crippen molar-refractivity contribution >= 4 is 44.5 Å². The molecule has 0 spiro atoms. The van der Waals surface area contributed by atoms with Crippen molar-refractivity contribution in [3.05, 3.63) is 25.5 Å². The molecule has 0 fully saturated rings. The van der Waals surface area contributed by atoms with E-state index in [-0.39, 0.29) is 22.2 Å². The summed E-state index contributed by atoms with van der Waals surface area (Å²) in [7, 11) is 1.24. The van der Waals surface area contributed by atoms with Crippen molar-refractivity contribution in [2.24, 2.45) is 0 Å². The Bertz CT molecular complexity index is 415. The normalized spacial score (nSPS) is 10.6. The highest BCUT2D eigenvalue weighted by atomic mass is 127. The minimum absolute atomic E-state index is 0.112. The lowest BCUT2D eigenvalue weighted by atomic mass is 10.2. The Morgan fingerprint density at radius 2 is 2.31 bits per heavy atom. The first-order valence-corrected chi connectivity index (χ1v) is 6.02. The molecule has 0 saturated heterocycles. The van der Waals surface area contributed by atoms with Gasteiger partial charge in [-0.3, -0.25) is 4.79 Å². The van der Waals surface area contributed by atoms with Crippen LogP contribution in [0.5, 0.6) is 0 Å². The molecule has 0 saturated carbocycles. The molecule has 0 aliphatic heterocycles. The fourth-order valence-electron chi connectivity index (χ4n) is 1.04. The van der Waals surface area contributed by atoms with Gasteiger partial charge in [-0.05, 0) is 44.6 Å². The third kappa shape index (κ3) is 3.34. The molecule has 1 rings (SSSR count). The molecular formula is C9H7BrF2INO2. The summed E-state index contributed by atoms with van der Waals surface area (Å²) in [6.07, 6.45) is -2.72. The van der Waals surface area contributed by atoms with Gasteiger partial charge < -0.3 is 4.74 Å². The Labute approximate surface area is 113 Å². The fourth-order valence-corrected chi connectivity index (χ4v) is 2.04. The van der Waals surface area contributed by atoms with Crippen LogP contribution in [0.4, 0.5) is 8.78 Å². The quantitative estimate of drug-likeness (QED) is 0.440. The van der Waals surface area contributed by atoms with E-state index in [2.05, 4.69) is 25.7 Å². The van der Waals surface area contributed by atoms with Crippen LogP contribution in [0.15, 0.2) is 10.5 Å². The van der Waals surface area contributed by atoms with Gasteiger partial charge in [0, 0.05) is 5.56 Å². The number of rotatable bonds is 3. The van der Waals surface area contributed by atoms with Crippen molar-refractivity contribution in [1.29, 1.82) is 0 Å². The van der Waals surface area contributed by atoms with E-state index >= 15 is 0 Å². The number of aromatic nitrogens is 1. The van der Waals surface area contributed by atoms with Crippen LogP contribution in [0.25, 0.3) is 0 Å². The molecule has 1 aromatic heterocycles. The number of methoxy groups -OCH3 is 1. The second-order valence-corrected chi connectivity index (χ2v) is 4.68. The molecule has 0 aliphatic carbocycles. The molecule has 0 N–H and O–H groups in total. The molecule has 3 nitrogen and oxygen atoms in total. The molecule has 0 aliphatic rings. The van der Waals surface area contributed by atoms with Gasteiger partial charge in [0.2, 0.25) is 0 Å². The van der Waals surface area contributed by atoms with Crippen LogP contribution in [0.3, 0.4) is 0 Å². The number of carbonyl (C=O) groups excluding carboxylic acids is 1. The highest BCUT2D eigenvalue weighted by Gasteiger charge is 2.17. The summed E-state index contributed by atoms with van der Waals surface area (Å²) in [6.45, 7) is 0. The highest BCUT2D eigenvalue weighted by Crippen LogP contribution is 2.30. The first kappa shape index (κ1) is 13.8. The molecule has 1 heterocycles. The number of esters is 1. The van der Waals surface area contributed by atoms with E-state index in [0.29, 0.717) is 3.70 Å². The SMILES string of the molecule is COC(=O)Cc1cc(C(F)F)c(Br)c(I)n1. The first-order valence-electron chi connectivity index (χ1n) is 4.15. The second-order valence-electron chi connectivity index (χ2n) is 2.86. The summed E-state index contributed by atoms with van der Waals surface area (Å²) < 4.78 is 30.4. The van der Waals surface area contributed by atoms with E-state index in [0.717, 1.165) is 0 Å². The van der Waals surface area contributed by atoms with Crippen LogP contribution in [0.2, 0.25) is 0 Å². The molecule has 0 unspecified atom stereocenters. The third-order valence-electron chi connectivity index (χ3n) is 1.79. The lowest BCUT2D eigenvalue weighted by molar-refractivity contribution is -0.139. The van der Waals surface area contributed by atoms with Crippen LogP contribution in [0, 0.1) is 3.70 Å². The zero-order valence-electron chi connectivity index (χ0n) is 8.14. The van der Waals surface area contributed by atoms with Gasteiger partial charge in [-0.2, -0.15) is 0 Å². The van der Waals surface area contributed by atoms with Crippen LogP contribution >= 0.6 is 38.5 Å². The minimum atomic E-state index is -2.61. The van der Waals surface area contributed by atoms with Crippen LogP contribution in [-0.2, 0) is 16.0 Å². The van der Waals surface area contributed by atoms with Crippen molar-refractivity contribution in [3.63, 3.8) is 0 Å². The van der Waals surface area contributed by atoms with E-state index in [1.807, 2.05) is 22.6 Å². The van der Waals surface area contributed by atoms with Gasteiger partial charge in [-0.15, -0.1) is 0 Å². The van der Waals surface area contributed by atoms with Gasteiger partial charge in [-0.1, -0.05) is 0 Å². The number of alkyl halides is 2. The monoisotopic (exact) mass is 405 g/mol. The topological polar surface area (TPSA) is 39.2 Å². The average molecular weight is 406 g/mol. The number of hydrogen-bond donors (Lipinski definition) is 0. The Balaban J connectivity index is 3.09. The Morgan fingerprint density at radius 1 is 1.69 bits per heavy atom. The lowest BCUT2D eigenvalue weighted by Gasteiger charge is -2.07. The Morgan fingerprint density at radius 3 is 2.81 bits per heavy atom. The van der Waals surface area contributed by atoms with Gasteiger partial charge in [0.15, 0.2) is 0 Å². The summed E-state index contributed by atoms with van der Waals surface area (Å²) >= 11 is 4.86. The third-order valence-corrected chi connectivity index (χ3v) is 4.14. The number of halogens is 4. The molecule has 0 radical (unpaired) electrons. The van der Waals surface area contributed by atoms with Crippen LogP contribution in [-0.4, -0.2) is 18.1 Å². The number of pyridine rings is 1. The molecule has 0 amide bonds. The van der Waals surface area contributed by atoms with Crippen molar-refractivity contribution in [2.45, 2.75) is 12.8 Å². The summed E-state index contributed by atoms with van der Waals surface area (Å²) in [5.74, 6) is -0.508. The molecular weight excluding hydrogens is 399 g/mol. The number of nitrogens with zero attached hydrogens (tertiary/aromatic N) is 1. The second kappa shape index (κ2) is 5.85. The minimum Gasteiger partial charge on any atom is -0.469 e. The molecule has 0 atom stereocenters. The van der Waals surface area contributed by atoms with Crippen molar-refractivity contribution in [3.8, 4) is 0 Å². The number of hydrogen-bond acceptors (Lipinski definition) is 3. The predicted molar refractivity (Wildman–Crippen MR) is 65.3 cm³/mol. The van der Waals surface area contributed by atoms with E-state index in [4.69, 9.17) is 0 Å². The van der Waals surface area contributed by atoms with Gasteiger partial charge in [0.25, 0.3) is 6.43 Å². The maximum Gasteiger partial charge on any atom is 0.311 e. The van der Waals surface area contributed by atoms with E-state index in [9.17, 15) is 13.6 Å². The molecule has 0 bridgehead atoms. The summed E-state index contributed by atoms with van der Waals surface area (Å²) in [4.78, 5) is 15.0. The van der Waals surface area contributed by atoms with Gasteiger partial charge in [0.1, 0.15) is 3.70 Å². The standard InChI is InChI=1S/C9H7BrF2INO2/c1-16-6(15)3-4-2-5(8(11)12)7(10)9(13)14-4/h2,8H,3H2,1H3. The maximum atomic E-state index is 12.6. The van der Waals surface area contributed by atoms with Crippen LogP contribution < -0.4 is 0 Å². The first-order chi connectivity index (χ1) is 7.45. The molecule has 16 heavy (non-hydrogen) atoms. The Kier molecular flexibility index (Phi) is 5.03. The van der Waals surface area contributed by atoms with Crippen LogP contribution in [0.1, 0.15) is 17.7 Å². The summed E-state index contributed by atoms with van der Waals surface area (Å²) in [5.41, 5.74) is 0.105. The average Bonchev–Trinajstić information content (AvgIpc) is 2.22. The Hall–Kier alpha value is -0.310. The zero-order valence-corrected chi connectivity index (χ0v) is 11.9. The highest BCUT2D eigenvalue weighted by molar-refractivity contribution is 14.1. The van der Waals surface area contributed by atoms with Gasteiger partial charge in [-0.25, -0.2) is 13.8 Å². The largest absolute Gasteiger partial charge is 0.469 e. The molecule has 0 aromatic carbocycles. The van der Waals surface area contributed by atoms with E-state index in [1.54, 1.807) is 0 Å². The van der Waals surface area contributed by atoms with E-state index in [1.165, 1.54) is 13.2 Å². The van der Waals surface area contributed by atoms with Crippen molar-refractivity contribution in [1.82, 2.24) is 4.98 Å². The number of carbonyl (C=O) groups is 1. The van der Waals surface area contributed by atoms with E-state index < -0.39 is 12.4 Å². The van der Waals surface area contributed by atoms with Crippen molar-refractivity contribution < 1.29 is 18.3 Å². The smallest absolute Gasteiger partial charge is 0.311 e. The lowest BCUT2D eigenvalue weighted by Crippen LogP contribution is -2.08. The summed E-state index contributed by atoms with van der Waals surface area (Å²) in [5, 5.41) is 0. The summed E-state index contributed by atoms with van der Waals surface area (Å²) in [6, 6.07) is 1.20. The maximum absolute atomic E-state index is 12.6. The molecule has 88 valence electrons. The van der Waals surface area contributed by atoms with Gasteiger partial charge >= 0.3 is 5.97 Å². The molecule has 1 aromatic rings. The number of ether oxygens (including phenoxy) is 1. The van der Waals surface area contributed by atoms with Crippen molar-refractivity contribution in [2.75, 3.05) is 7.11 Å². The van der Waals surface area contributed by atoms with Gasteiger partial charge in [0.05, 0.1) is 23.7 Å².